The SMILES string of the molecule is CN(Cc1cc(F)cc(C#CCN)c1)CC1CC1. The van der Waals surface area contributed by atoms with Gasteiger partial charge >= 0.3 is 0 Å². The minimum atomic E-state index is -0.228. The van der Waals surface area contributed by atoms with Gasteiger partial charge in [-0.1, -0.05) is 11.8 Å². The molecule has 1 aromatic carbocycles. The Morgan fingerprint density at radius 2 is 2.17 bits per heavy atom. The first-order valence-electron chi connectivity index (χ1n) is 6.34. The van der Waals surface area contributed by atoms with Gasteiger partial charge in [-0.2, -0.15) is 0 Å². The first kappa shape index (κ1) is 13.1. The minimum Gasteiger partial charge on any atom is -0.320 e. The summed E-state index contributed by atoms with van der Waals surface area (Å²) in [7, 11) is 2.08. The van der Waals surface area contributed by atoms with Gasteiger partial charge in [0, 0.05) is 18.7 Å². The highest BCUT2D eigenvalue weighted by molar-refractivity contribution is 5.38. The van der Waals surface area contributed by atoms with Crippen molar-refractivity contribution < 1.29 is 4.39 Å². The minimum absolute atomic E-state index is 0.228. The van der Waals surface area contributed by atoms with E-state index in [2.05, 4.69) is 23.8 Å². The van der Waals surface area contributed by atoms with Crippen LogP contribution in [-0.4, -0.2) is 25.0 Å². The fraction of sp³-hybridized carbons (Fsp3) is 0.467. The Hall–Kier alpha value is -1.37. The van der Waals surface area contributed by atoms with E-state index in [0.29, 0.717) is 12.1 Å². The summed E-state index contributed by atoms with van der Waals surface area (Å²) in [5.74, 6) is 6.25. The van der Waals surface area contributed by atoms with Gasteiger partial charge in [0.15, 0.2) is 0 Å². The number of nitrogens with zero attached hydrogens (tertiary/aromatic N) is 1. The molecule has 0 heterocycles. The zero-order valence-corrected chi connectivity index (χ0v) is 10.7. The molecule has 1 aliphatic carbocycles. The van der Waals surface area contributed by atoms with Crippen LogP contribution >= 0.6 is 0 Å². The van der Waals surface area contributed by atoms with Crippen LogP contribution in [0.3, 0.4) is 0 Å². The summed E-state index contributed by atoms with van der Waals surface area (Å²) in [4.78, 5) is 2.24. The van der Waals surface area contributed by atoms with Crippen molar-refractivity contribution in [1.82, 2.24) is 4.90 Å². The molecule has 3 heteroatoms. The lowest BCUT2D eigenvalue weighted by Gasteiger charge is -2.16. The molecule has 18 heavy (non-hydrogen) atoms. The average Bonchev–Trinajstić information content (AvgIpc) is 3.09. The molecule has 0 radical (unpaired) electrons. The fourth-order valence-corrected chi connectivity index (χ4v) is 2.08. The molecule has 2 rings (SSSR count). The zero-order chi connectivity index (χ0) is 13.0. The van der Waals surface area contributed by atoms with E-state index in [9.17, 15) is 4.39 Å². The van der Waals surface area contributed by atoms with E-state index in [4.69, 9.17) is 5.73 Å². The number of halogens is 1. The lowest BCUT2D eigenvalue weighted by atomic mass is 10.1. The molecule has 2 nitrogen and oxygen atoms in total. The normalized spacial score (nSPS) is 14.4. The van der Waals surface area contributed by atoms with Gasteiger partial charge in [-0.25, -0.2) is 4.39 Å². The third-order valence-corrected chi connectivity index (χ3v) is 3.01. The standard InChI is InChI=1S/C15H19FN2/c1-18(10-12-4-5-12)11-14-7-13(3-2-6-17)8-15(16)9-14/h7-9,12H,4-6,10-11,17H2,1H3. The molecule has 0 saturated heterocycles. The van der Waals surface area contributed by atoms with Gasteiger partial charge in [-0.05, 0) is 49.6 Å². The molecule has 0 atom stereocenters. The number of rotatable bonds is 4. The Bertz CT molecular complexity index is 469. The highest BCUT2D eigenvalue weighted by Crippen LogP contribution is 2.29. The lowest BCUT2D eigenvalue weighted by molar-refractivity contribution is 0.312. The van der Waals surface area contributed by atoms with E-state index in [0.717, 1.165) is 24.6 Å². The summed E-state index contributed by atoms with van der Waals surface area (Å²) in [6.45, 7) is 2.17. The van der Waals surface area contributed by atoms with Crippen molar-refractivity contribution in [2.24, 2.45) is 11.7 Å². The highest BCUT2D eigenvalue weighted by Gasteiger charge is 2.22. The first-order valence-corrected chi connectivity index (χ1v) is 6.34. The molecule has 0 unspecified atom stereocenters. The third-order valence-electron chi connectivity index (χ3n) is 3.01. The zero-order valence-electron chi connectivity index (χ0n) is 10.7. The molecule has 0 spiro atoms. The van der Waals surface area contributed by atoms with E-state index < -0.39 is 0 Å². The Labute approximate surface area is 108 Å². The molecular weight excluding hydrogens is 227 g/mol. The van der Waals surface area contributed by atoms with Crippen molar-refractivity contribution in [3.05, 3.63) is 35.1 Å². The predicted molar refractivity (Wildman–Crippen MR) is 71.4 cm³/mol. The van der Waals surface area contributed by atoms with Gasteiger partial charge in [-0.3, -0.25) is 0 Å². The second kappa shape index (κ2) is 5.99. The van der Waals surface area contributed by atoms with Gasteiger partial charge in [0.1, 0.15) is 5.82 Å². The van der Waals surface area contributed by atoms with Crippen LogP contribution in [0, 0.1) is 23.6 Å². The quantitative estimate of drug-likeness (QED) is 0.823. The fourth-order valence-electron chi connectivity index (χ4n) is 2.08. The average molecular weight is 246 g/mol. The van der Waals surface area contributed by atoms with Gasteiger partial charge in [-0.15, -0.1) is 0 Å². The van der Waals surface area contributed by atoms with Crippen molar-refractivity contribution in [3.8, 4) is 11.8 Å². The van der Waals surface area contributed by atoms with E-state index in [-0.39, 0.29) is 5.82 Å². The maximum atomic E-state index is 13.5. The molecule has 1 saturated carbocycles. The van der Waals surface area contributed by atoms with Gasteiger partial charge in [0.05, 0.1) is 6.54 Å². The van der Waals surface area contributed by atoms with Crippen molar-refractivity contribution in [3.63, 3.8) is 0 Å². The molecule has 96 valence electrons. The maximum Gasteiger partial charge on any atom is 0.124 e. The van der Waals surface area contributed by atoms with E-state index in [1.165, 1.54) is 18.9 Å². The summed E-state index contributed by atoms with van der Waals surface area (Å²) in [5.41, 5.74) is 7.00. The van der Waals surface area contributed by atoms with Crippen LogP contribution in [0.15, 0.2) is 18.2 Å². The summed E-state index contributed by atoms with van der Waals surface area (Å²) in [6, 6.07) is 4.97. The molecule has 1 aliphatic rings. The molecule has 0 aliphatic heterocycles. The van der Waals surface area contributed by atoms with Crippen LogP contribution in [0.5, 0.6) is 0 Å². The first-order chi connectivity index (χ1) is 8.67. The molecule has 1 aromatic rings. The van der Waals surface area contributed by atoms with Crippen LogP contribution in [0.25, 0.3) is 0 Å². The number of hydrogen-bond donors (Lipinski definition) is 1. The Kier molecular flexibility index (Phi) is 4.35. The number of nitrogens with two attached hydrogens (primary N) is 1. The molecule has 0 amide bonds. The summed E-state index contributed by atoms with van der Waals surface area (Å²) in [5, 5.41) is 0. The largest absolute Gasteiger partial charge is 0.320 e. The second-order valence-electron chi connectivity index (χ2n) is 4.99. The number of benzene rings is 1. The summed E-state index contributed by atoms with van der Waals surface area (Å²) < 4.78 is 13.5. The summed E-state index contributed by atoms with van der Waals surface area (Å²) >= 11 is 0. The Morgan fingerprint density at radius 1 is 1.39 bits per heavy atom. The number of hydrogen-bond acceptors (Lipinski definition) is 2. The van der Waals surface area contributed by atoms with Crippen molar-refractivity contribution in [2.75, 3.05) is 20.1 Å². The van der Waals surface area contributed by atoms with Crippen LogP contribution in [-0.2, 0) is 6.54 Å². The van der Waals surface area contributed by atoms with Gasteiger partial charge in [0.25, 0.3) is 0 Å². The Morgan fingerprint density at radius 3 is 2.83 bits per heavy atom. The molecule has 1 fully saturated rings. The van der Waals surface area contributed by atoms with Gasteiger partial charge < -0.3 is 10.6 Å². The van der Waals surface area contributed by atoms with Crippen LogP contribution in [0.2, 0.25) is 0 Å². The second-order valence-corrected chi connectivity index (χ2v) is 4.99. The van der Waals surface area contributed by atoms with Crippen LogP contribution in [0.4, 0.5) is 4.39 Å². The highest BCUT2D eigenvalue weighted by atomic mass is 19.1. The van der Waals surface area contributed by atoms with Crippen LogP contribution in [0.1, 0.15) is 24.0 Å². The van der Waals surface area contributed by atoms with Crippen molar-refractivity contribution >= 4 is 0 Å². The predicted octanol–water partition coefficient (Wildman–Crippen LogP) is 1.98. The van der Waals surface area contributed by atoms with Crippen molar-refractivity contribution in [1.29, 1.82) is 0 Å². The molecule has 0 bridgehead atoms. The van der Waals surface area contributed by atoms with E-state index in [1.807, 2.05) is 6.07 Å². The molecule has 0 aromatic heterocycles. The molecular formula is C15H19FN2. The van der Waals surface area contributed by atoms with Gasteiger partial charge in [0.2, 0.25) is 0 Å². The monoisotopic (exact) mass is 246 g/mol. The molecule has 2 N–H and O–H groups in total. The van der Waals surface area contributed by atoms with Crippen molar-refractivity contribution in [2.45, 2.75) is 19.4 Å². The topological polar surface area (TPSA) is 29.3 Å². The smallest absolute Gasteiger partial charge is 0.124 e. The van der Waals surface area contributed by atoms with E-state index >= 15 is 0 Å². The Balaban J connectivity index is 2.04. The summed E-state index contributed by atoms with van der Waals surface area (Å²) in [6.07, 6.45) is 2.67. The lowest BCUT2D eigenvalue weighted by Crippen LogP contribution is -2.20. The maximum absolute atomic E-state index is 13.5. The van der Waals surface area contributed by atoms with E-state index in [1.54, 1.807) is 6.07 Å². The third kappa shape index (κ3) is 4.14. The van der Waals surface area contributed by atoms with Crippen LogP contribution < -0.4 is 5.73 Å².